The zero-order chi connectivity index (χ0) is 18.0. The first kappa shape index (κ1) is 17.2. The summed E-state index contributed by atoms with van der Waals surface area (Å²) in [5, 5.41) is 7.46. The van der Waals surface area contributed by atoms with Crippen molar-refractivity contribution < 1.29 is 14.3 Å². The Morgan fingerprint density at radius 2 is 2.23 bits per heavy atom. The number of piperidine rings is 1. The molecule has 3 heterocycles. The van der Waals surface area contributed by atoms with Crippen LogP contribution < -0.4 is 9.47 Å². The van der Waals surface area contributed by atoms with Gasteiger partial charge in [-0.05, 0) is 36.0 Å². The van der Waals surface area contributed by atoms with Crippen molar-refractivity contribution in [1.82, 2.24) is 20.1 Å². The summed E-state index contributed by atoms with van der Waals surface area (Å²) in [4.78, 5) is 18.4. The first-order valence-electron chi connectivity index (χ1n) is 8.76. The van der Waals surface area contributed by atoms with E-state index in [0.717, 1.165) is 48.3 Å². The highest BCUT2D eigenvalue weighted by atomic mass is 32.2. The van der Waals surface area contributed by atoms with Gasteiger partial charge in [-0.15, -0.1) is 0 Å². The molecule has 1 atom stereocenters. The summed E-state index contributed by atoms with van der Waals surface area (Å²) in [6.07, 6.45) is 3.93. The molecule has 0 spiro atoms. The number of benzene rings is 1. The first-order valence-corrected chi connectivity index (χ1v) is 9.74. The highest BCUT2D eigenvalue weighted by molar-refractivity contribution is 7.99. The lowest BCUT2D eigenvalue weighted by Crippen LogP contribution is -2.47. The van der Waals surface area contributed by atoms with E-state index in [9.17, 15) is 4.79 Å². The van der Waals surface area contributed by atoms with Crippen molar-refractivity contribution in [3.63, 3.8) is 0 Å². The third-order valence-corrected chi connectivity index (χ3v) is 5.79. The number of fused-ring (bicyclic) bond motifs is 1. The fourth-order valence-electron chi connectivity index (χ4n) is 3.60. The van der Waals surface area contributed by atoms with Gasteiger partial charge in [0.1, 0.15) is 6.33 Å². The maximum Gasteiger partial charge on any atom is 0.231 e. The minimum absolute atomic E-state index is 0.0680. The molecule has 1 unspecified atom stereocenters. The van der Waals surface area contributed by atoms with E-state index in [1.54, 1.807) is 11.8 Å². The number of carbonyl (C=O) groups is 1. The molecule has 26 heavy (non-hydrogen) atoms. The van der Waals surface area contributed by atoms with E-state index < -0.39 is 0 Å². The van der Waals surface area contributed by atoms with Crippen LogP contribution in [0.4, 0.5) is 0 Å². The second kappa shape index (κ2) is 7.19. The molecule has 1 aromatic carbocycles. The van der Waals surface area contributed by atoms with Crippen LogP contribution in [0.15, 0.2) is 29.7 Å². The summed E-state index contributed by atoms with van der Waals surface area (Å²) in [5.74, 6) is 2.68. The number of rotatable bonds is 6. The summed E-state index contributed by atoms with van der Waals surface area (Å²) >= 11 is 1.59. The molecular weight excluding hydrogens is 352 g/mol. The number of nitrogens with one attached hydrogen (secondary N) is 1. The van der Waals surface area contributed by atoms with Crippen molar-refractivity contribution >= 4 is 17.7 Å². The van der Waals surface area contributed by atoms with Gasteiger partial charge in [0.15, 0.2) is 16.7 Å². The molecule has 1 fully saturated rings. The Hall–Kier alpha value is -2.22. The van der Waals surface area contributed by atoms with Gasteiger partial charge in [-0.25, -0.2) is 4.98 Å². The molecule has 7 nitrogen and oxygen atoms in total. The number of aromatic nitrogens is 3. The van der Waals surface area contributed by atoms with Crippen molar-refractivity contribution in [3.8, 4) is 11.5 Å². The predicted molar refractivity (Wildman–Crippen MR) is 97.3 cm³/mol. The Bertz CT molecular complexity index is 783. The molecule has 1 amide bonds. The van der Waals surface area contributed by atoms with Gasteiger partial charge in [0.2, 0.25) is 12.7 Å². The average Bonchev–Trinajstić information content (AvgIpc) is 3.29. The molecule has 0 aliphatic carbocycles. The van der Waals surface area contributed by atoms with Crippen LogP contribution in [0.2, 0.25) is 0 Å². The maximum atomic E-state index is 12.3. The van der Waals surface area contributed by atoms with Crippen molar-refractivity contribution in [2.24, 2.45) is 5.41 Å². The van der Waals surface area contributed by atoms with Gasteiger partial charge < -0.3 is 14.4 Å². The number of amides is 1. The zero-order valence-electron chi connectivity index (χ0n) is 14.7. The lowest BCUT2D eigenvalue weighted by molar-refractivity contribution is -0.136. The van der Waals surface area contributed by atoms with Gasteiger partial charge in [0.25, 0.3) is 0 Å². The number of thioether (sulfide) groups is 1. The second-order valence-electron chi connectivity index (χ2n) is 7.13. The summed E-state index contributed by atoms with van der Waals surface area (Å²) in [6, 6.07) is 6.13. The fraction of sp³-hybridized carbons (Fsp3) is 0.500. The van der Waals surface area contributed by atoms with E-state index in [4.69, 9.17) is 9.47 Å². The van der Waals surface area contributed by atoms with Gasteiger partial charge in [-0.1, -0.05) is 24.8 Å². The lowest BCUT2D eigenvalue weighted by atomic mass is 9.76. The number of likely N-dealkylation sites (tertiary alicyclic amines) is 1. The molecule has 0 bridgehead atoms. The van der Waals surface area contributed by atoms with Crippen LogP contribution in [0.25, 0.3) is 0 Å². The highest BCUT2D eigenvalue weighted by Crippen LogP contribution is 2.37. The number of nitrogens with zero attached hydrogens (tertiary/aromatic N) is 3. The van der Waals surface area contributed by atoms with Crippen LogP contribution in [-0.4, -0.2) is 51.6 Å². The third-order valence-electron chi connectivity index (χ3n) is 4.93. The Kier molecular flexibility index (Phi) is 4.76. The number of hydrogen-bond acceptors (Lipinski definition) is 6. The SMILES string of the molecule is CC1(Cc2ccc3c(c2)OCO3)CCC(=O)N(CCSc2ncn[nH]2)C1. The Morgan fingerprint density at radius 3 is 3.08 bits per heavy atom. The molecule has 8 heteroatoms. The van der Waals surface area contributed by atoms with Crippen molar-refractivity contribution in [2.75, 3.05) is 25.6 Å². The Balaban J connectivity index is 1.37. The maximum absolute atomic E-state index is 12.3. The van der Waals surface area contributed by atoms with E-state index in [2.05, 4.69) is 34.2 Å². The van der Waals surface area contributed by atoms with Crippen LogP contribution in [-0.2, 0) is 11.2 Å². The number of carbonyl (C=O) groups excluding carboxylic acids is 1. The topological polar surface area (TPSA) is 80.3 Å². The molecule has 2 aliphatic rings. The van der Waals surface area contributed by atoms with E-state index in [1.807, 2.05) is 11.0 Å². The van der Waals surface area contributed by atoms with Crippen molar-refractivity contribution in [3.05, 3.63) is 30.1 Å². The fourth-order valence-corrected chi connectivity index (χ4v) is 4.35. The average molecular weight is 374 g/mol. The highest BCUT2D eigenvalue weighted by Gasteiger charge is 2.35. The molecule has 4 rings (SSSR count). The first-order chi connectivity index (χ1) is 12.6. The van der Waals surface area contributed by atoms with Crippen LogP contribution in [0.3, 0.4) is 0 Å². The van der Waals surface area contributed by atoms with Gasteiger partial charge in [0.05, 0.1) is 0 Å². The van der Waals surface area contributed by atoms with Gasteiger partial charge in [-0.3, -0.25) is 9.89 Å². The zero-order valence-corrected chi connectivity index (χ0v) is 15.6. The quantitative estimate of drug-likeness (QED) is 0.783. The molecule has 1 saturated heterocycles. The van der Waals surface area contributed by atoms with Crippen LogP contribution in [0.1, 0.15) is 25.3 Å². The molecule has 1 N–H and O–H groups in total. The van der Waals surface area contributed by atoms with Crippen LogP contribution in [0, 0.1) is 5.41 Å². The van der Waals surface area contributed by atoms with Gasteiger partial charge in [-0.2, -0.15) is 5.10 Å². The van der Waals surface area contributed by atoms with Crippen LogP contribution >= 0.6 is 11.8 Å². The monoisotopic (exact) mass is 374 g/mol. The van der Waals surface area contributed by atoms with Gasteiger partial charge >= 0.3 is 0 Å². The minimum atomic E-state index is 0.0680. The van der Waals surface area contributed by atoms with E-state index in [-0.39, 0.29) is 11.3 Å². The Labute approximate surface area is 156 Å². The van der Waals surface area contributed by atoms with Crippen LogP contribution in [0.5, 0.6) is 11.5 Å². The molecule has 0 saturated carbocycles. The molecule has 1 aromatic heterocycles. The van der Waals surface area contributed by atoms with Crippen molar-refractivity contribution in [2.45, 2.75) is 31.3 Å². The second-order valence-corrected chi connectivity index (χ2v) is 8.21. The number of hydrogen-bond donors (Lipinski definition) is 1. The molecule has 2 aromatic rings. The Morgan fingerprint density at radius 1 is 1.35 bits per heavy atom. The predicted octanol–water partition coefficient (Wildman–Crippen LogP) is 2.50. The number of H-pyrrole nitrogens is 1. The molecule has 0 radical (unpaired) electrons. The lowest BCUT2D eigenvalue weighted by Gasteiger charge is -2.40. The summed E-state index contributed by atoms with van der Waals surface area (Å²) in [5.41, 5.74) is 1.29. The summed E-state index contributed by atoms with van der Waals surface area (Å²) in [7, 11) is 0. The molecule has 2 aliphatic heterocycles. The minimum Gasteiger partial charge on any atom is -0.454 e. The molecule has 138 valence electrons. The van der Waals surface area contributed by atoms with E-state index in [0.29, 0.717) is 13.2 Å². The summed E-state index contributed by atoms with van der Waals surface area (Å²) < 4.78 is 10.9. The number of aromatic amines is 1. The summed E-state index contributed by atoms with van der Waals surface area (Å²) in [6.45, 7) is 4.06. The van der Waals surface area contributed by atoms with E-state index in [1.165, 1.54) is 11.9 Å². The van der Waals surface area contributed by atoms with E-state index >= 15 is 0 Å². The normalized spacial score (nSPS) is 22.0. The largest absolute Gasteiger partial charge is 0.454 e. The van der Waals surface area contributed by atoms with Crippen molar-refractivity contribution in [1.29, 1.82) is 0 Å². The number of ether oxygens (including phenoxy) is 2. The third kappa shape index (κ3) is 3.80. The molecular formula is C18H22N4O3S. The standard InChI is InChI=1S/C18H22N4O3S/c1-18(9-13-2-3-14-15(8-13)25-12-24-14)5-4-16(23)22(10-18)6-7-26-17-19-11-20-21-17/h2-3,8,11H,4-7,9-10,12H2,1H3,(H,19,20,21). The smallest absolute Gasteiger partial charge is 0.231 e. The van der Waals surface area contributed by atoms with Gasteiger partial charge in [0, 0.05) is 25.3 Å².